The van der Waals surface area contributed by atoms with E-state index in [-0.39, 0.29) is 21.7 Å². The zero-order valence-corrected chi connectivity index (χ0v) is 41.9. The number of aryl methyl sites for hydroxylation is 2. The molecule has 13 rings (SSSR count). The van der Waals surface area contributed by atoms with Crippen molar-refractivity contribution in [1.29, 1.82) is 0 Å². The molecule has 1 nitrogen and oxygen atoms in total. The van der Waals surface area contributed by atoms with Crippen molar-refractivity contribution in [2.45, 2.75) is 111 Å². The molecule has 0 radical (unpaired) electrons. The number of fused-ring (bicyclic) bond motifs is 16. The van der Waals surface area contributed by atoms with Crippen molar-refractivity contribution in [3.63, 3.8) is 0 Å². The van der Waals surface area contributed by atoms with Crippen LogP contribution < -0.4 is 4.90 Å². The highest BCUT2D eigenvalue weighted by Crippen LogP contribution is 2.60. The molecule has 0 atom stereocenters. The quantitative estimate of drug-likeness (QED) is 0.170. The minimum absolute atomic E-state index is 0.102. The third kappa shape index (κ3) is 5.28. The largest absolute Gasteiger partial charge is 0.310 e. The maximum atomic E-state index is 2.57. The first-order valence-corrected chi connectivity index (χ1v) is 25.0. The summed E-state index contributed by atoms with van der Waals surface area (Å²) in [5.41, 5.74) is 29.5. The Bertz CT molecular complexity index is 3500. The Morgan fingerprint density at radius 2 is 0.662 bits per heavy atom. The van der Waals surface area contributed by atoms with Gasteiger partial charge in [-0.1, -0.05) is 154 Å². The number of rotatable bonds is 4. The van der Waals surface area contributed by atoms with Crippen LogP contribution in [0.2, 0.25) is 0 Å². The van der Waals surface area contributed by atoms with Gasteiger partial charge in [-0.2, -0.15) is 0 Å². The molecule has 4 aliphatic rings. The van der Waals surface area contributed by atoms with Crippen LogP contribution in [0, 0.1) is 13.8 Å². The first-order chi connectivity index (χ1) is 32.4. The lowest BCUT2D eigenvalue weighted by atomic mass is 9.79. The van der Waals surface area contributed by atoms with E-state index in [2.05, 4.69) is 234 Å². The predicted octanol–water partition coefficient (Wildman–Crippen LogP) is 18.4. The average Bonchev–Trinajstić information content (AvgIpc) is 3.87. The molecule has 1 heteroatoms. The fourth-order valence-electron chi connectivity index (χ4n) is 13.7. The molecule has 4 aliphatic carbocycles. The number of benzene rings is 9. The lowest BCUT2D eigenvalue weighted by molar-refractivity contribution is 0.651. The maximum absolute atomic E-state index is 2.57. The highest BCUT2D eigenvalue weighted by atomic mass is 15.1. The topological polar surface area (TPSA) is 3.24 Å². The van der Waals surface area contributed by atoms with Crippen molar-refractivity contribution in [3.8, 4) is 44.5 Å². The number of nitrogens with zero attached hydrogens (tertiary/aromatic N) is 1. The molecule has 0 bridgehead atoms. The number of anilines is 3. The maximum Gasteiger partial charge on any atom is 0.0465 e. The van der Waals surface area contributed by atoms with Gasteiger partial charge in [-0.15, -0.1) is 0 Å². The zero-order chi connectivity index (χ0) is 47.1. The molecule has 9 aromatic rings. The molecule has 0 saturated carbocycles. The summed E-state index contributed by atoms with van der Waals surface area (Å²) in [4.78, 5) is 2.52. The molecule has 68 heavy (non-hydrogen) atoms. The Kier molecular flexibility index (Phi) is 8.24. The third-order valence-corrected chi connectivity index (χ3v) is 17.7. The van der Waals surface area contributed by atoms with Crippen molar-refractivity contribution in [1.82, 2.24) is 0 Å². The second-order valence-corrected chi connectivity index (χ2v) is 23.3. The van der Waals surface area contributed by atoms with Crippen molar-refractivity contribution < 1.29 is 0 Å². The van der Waals surface area contributed by atoms with E-state index in [1.54, 1.807) is 0 Å². The molecule has 0 amide bonds. The van der Waals surface area contributed by atoms with Crippen LogP contribution in [0.5, 0.6) is 0 Å². The minimum atomic E-state index is -0.200. The average molecular weight is 880 g/mol. The Labute approximate surface area is 403 Å². The first kappa shape index (κ1) is 41.5. The van der Waals surface area contributed by atoms with Gasteiger partial charge in [-0.25, -0.2) is 0 Å². The molecule has 0 heterocycles. The summed E-state index contributed by atoms with van der Waals surface area (Å²) in [7, 11) is 0. The zero-order valence-electron chi connectivity index (χ0n) is 41.9. The van der Waals surface area contributed by atoms with Gasteiger partial charge in [0.2, 0.25) is 0 Å². The molecule has 0 fully saturated rings. The minimum Gasteiger partial charge on any atom is -0.310 e. The summed E-state index contributed by atoms with van der Waals surface area (Å²) < 4.78 is 0. The van der Waals surface area contributed by atoms with Gasteiger partial charge in [0.15, 0.2) is 0 Å². The second kappa shape index (κ2) is 13.5. The Hall–Kier alpha value is -6.70. The summed E-state index contributed by atoms with van der Waals surface area (Å²) in [6.45, 7) is 28.6. The fourth-order valence-corrected chi connectivity index (χ4v) is 13.7. The molecule has 0 aromatic heterocycles. The van der Waals surface area contributed by atoms with Crippen molar-refractivity contribution >= 4 is 38.6 Å². The molecule has 0 unspecified atom stereocenters. The summed E-state index contributed by atoms with van der Waals surface area (Å²) in [6.07, 6.45) is 0. The van der Waals surface area contributed by atoms with Crippen LogP contribution in [-0.4, -0.2) is 0 Å². The van der Waals surface area contributed by atoms with Gasteiger partial charge >= 0.3 is 0 Å². The lowest BCUT2D eigenvalue weighted by Crippen LogP contribution is -2.18. The van der Waals surface area contributed by atoms with Gasteiger partial charge < -0.3 is 4.90 Å². The molecule has 9 aromatic carbocycles. The fraction of sp³-hybridized carbons (Fsp3) is 0.254. The standard InChI is InChI=1S/C67H61N/c1-37(2)40-21-23-41(24-22-40)68(42-25-27-46-50-33-58-52(35-56(50)64(5,6)54(46)31-42)62-48-19-15-13-17-44(48)38(3)29-60(62)66(58,9)10)43-26-28-47-51-34-59-53(36-57(51)65(7,8)55(47)32-43)63-49-20-16-14-18-45(49)39(4)30-61(63)67(59,11)12/h13-37H,1-12H3. The Balaban J connectivity index is 0.949. The molecule has 0 spiro atoms. The Morgan fingerprint density at radius 3 is 1.07 bits per heavy atom. The molecule has 334 valence electrons. The SMILES string of the molecule is Cc1cc2c(c3ccccc13)-c1cc3c(cc1C2(C)C)-c1ccc(N(c2ccc(C(C)C)cc2)c2ccc4c(c2)C(C)(C)c2cc5c(cc2-4)C(C)(C)c2cc(C)c4ccccc4c2-5)cc1C3(C)C. The van der Waals surface area contributed by atoms with Crippen molar-refractivity contribution in [2.24, 2.45) is 0 Å². The number of hydrogen-bond donors (Lipinski definition) is 0. The second-order valence-electron chi connectivity index (χ2n) is 23.3. The summed E-state index contributed by atoms with van der Waals surface area (Å²) in [6, 6.07) is 57.2. The molecule has 0 N–H and O–H groups in total. The van der Waals surface area contributed by atoms with E-state index in [9.17, 15) is 0 Å². The van der Waals surface area contributed by atoms with Crippen molar-refractivity contribution in [2.75, 3.05) is 4.90 Å². The highest BCUT2D eigenvalue weighted by Gasteiger charge is 2.45. The van der Waals surface area contributed by atoms with Gasteiger partial charge in [0.05, 0.1) is 0 Å². The summed E-state index contributed by atoms with van der Waals surface area (Å²) in [5, 5.41) is 5.44. The molecular weight excluding hydrogens is 819 g/mol. The monoisotopic (exact) mass is 879 g/mol. The summed E-state index contributed by atoms with van der Waals surface area (Å²) in [5.74, 6) is 0.456. The van der Waals surface area contributed by atoms with Crippen LogP contribution in [0.4, 0.5) is 17.1 Å². The van der Waals surface area contributed by atoms with Gasteiger partial charge in [0.25, 0.3) is 0 Å². The van der Waals surface area contributed by atoms with Crippen LogP contribution in [0.1, 0.15) is 136 Å². The van der Waals surface area contributed by atoms with E-state index in [1.165, 1.54) is 144 Å². The lowest BCUT2D eigenvalue weighted by Gasteiger charge is -2.30. The van der Waals surface area contributed by atoms with Crippen LogP contribution in [0.25, 0.3) is 66.1 Å². The van der Waals surface area contributed by atoms with Gasteiger partial charge in [-0.05, 0) is 208 Å². The van der Waals surface area contributed by atoms with Crippen molar-refractivity contribution in [3.05, 3.63) is 207 Å². The molecular formula is C67H61N. The van der Waals surface area contributed by atoms with Gasteiger partial charge in [-0.3, -0.25) is 0 Å². The highest BCUT2D eigenvalue weighted by molar-refractivity contribution is 6.07. The van der Waals surface area contributed by atoms with Crippen LogP contribution >= 0.6 is 0 Å². The van der Waals surface area contributed by atoms with E-state index in [0.29, 0.717) is 5.92 Å². The molecule has 0 saturated heterocycles. The van der Waals surface area contributed by atoms with Gasteiger partial charge in [0.1, 0.15) is 0 Å². The van der Waals surface area contributed by atoms with E-state index in [0.717, 1.165) is 0 Å². The summed E-state index contributed by atoms with van der Waals surface area (Å²) >= 11 is 0. The van der Waals surface area contributed by atoms with E-state index < -0.39 is 0 Å². The Morgan fingerprint density at radius 1 is 0.324 bits per heavy atom. The van der Waals surface area contributed by atoms with Crippen LogP contribution in [-0.2, 0) is 21.7 Å². The third-order valence-electron chi connectivity index (χ3n) is 17.7. The van der Waals surface area contributed by atoms with E-state index in [1.807, 2.05) is 0 Å². The van der Waals surface area contributed by atoms with Crippen LogP contribution in [0.3, 0.4) is 0 Å². The predicted molar refractivity (Wildman–Crippen MR) is 290 cm³/mol. The first-order valence-electron chi connectivity index (χ1n) is 25.0. The number of hydrogen-bond acceptors (Lipinski definition) is 1. The van der Waals surface area contributed by atoms with Crippen LogP contribution in [0.15, 0.2) is 146 Å². The smallest absolute Gasteiger partial charge is 0.0465 e. The normalized spacial score (nSPS) is 16.5. The van der Waals surface area contributed by atoms with E-state index >= 15 is 0 Å². The molecule has 0 aliphatic heterocycles. The van der Waals surface area contributed by atoms with Gasteiger partial charge in [0, 0.05) is 38.7 Å². The van der Waals surface area contributed by atoms with E-state index in [4.69, 9.17) is 0 Å².